The van der Waals surface area contributed by atoms with E-state index in [1.807, 2.05) is 42.6 Å². The minimum atomic E-state index is -0.405. The van der Waals surface area contributed by atoms with Crippen molar-refractivity contribution in [3.63, 3.8) is 0 Å². The average Bonchev–Trinajstić information content (AvgIpc) is 3.36. The Morgan fingerprint density at radius 2 is 2.00 bits per heavy atom. The fourth-order valence-electron chi connectivity index (χ4n) is 3.90. The Kier molecular flexibility index (Phi) is 4.69. The molecule has 2 aromatic carbocycles. The number of aromatic amines is 2. The van der Waals surface area contributed by atoms with E-state index in [-0.39, 0.29) is 0 Å². The lowest BCUT2D eigenvalue weighted by Crippen LogP contribution is -2.46. The first-order valence-electron chi connectivity index (χ1n) is 9.91. The summed E-state index contributed by atoms with van der Waals surface area (Å²) < 4.78 is 11.2. The molecular weight excluding hydrogens is 370 g/mol. The molecule has 150 valence electrons. The van der Waals surface area contributed by atoms with E-state index < -0.39 is 5.76 Å². The van der Waals surface area contributed by atoms with Gasteiger partial charge >= 0.3 is 5.76 Å². The highest BCUT2D eigenvalue weighted by Crippen LogP contribution is 2.26. The van der Waals surface area contributed by atoms with Gasteiger partial charge in [-0.05, 0) is 30.7 Å². The molecule has 1 fully saturated rings. The zero-order valence-electron chi connectivity index (χ0n) is 16.1. The maximum atomic E-state index is 11.5. The number of H-pyrrole nitrogens is 2. The Balaban J connectivity index is 1.11. The minimum absolute atomic E-state index is 0.405. The van der Waals surface area contributed by atoms with E-state index >= 15 is 0 Å². The van der Waals surface area contributed by atoms with Crippen molar-refractivity contribution in [1.29, 1.82) is 0 Å². The van der Waals surface area contributed by atoms with Crippen LogP contribution in [0.3, 0.4) is 0 Å². The molecule has 1 aliphatic rings. The van der Waals surface area contributed by atoms with Crippen molar-refractivity contribution in [2.75, 3.05) is 44.2 Å². The summed E-state index contributed by atoms with van der Waals surface area (Å²) in [5, 5.41) is 8.08. The van der Waals surface area contributed by atoms with E-state index in [2.05, 4.69) is 25.0 Å². The number of nitrogens with one attached hydrogen (secondary N) is 2. The minimum Gasteiger partial charge on any atom is -0.493 e. The second kappa shape index (κ2) is 7.63. The summed E-state index contributed by atoms with van der Waals surface area (Å²) in [5.74, 6) is 0.463. The third-order valence-corrected chi connectivity index (χ3v) is 5.44. The van der Waals surface area contributed by atoms with E-state index in [0.717, 1.165) is 67.0 Å². The second-order valence-corrected chi connectivity index (χ2v) is 7.32. The van der Waals surface area contributed by atoms with Gasteiger partial charge < -0.3 is 14.1 Å². The molecule has 5 rings (SSSR count). The van der Waals surface area contributed by atoms with Gasteiger partial charge in [-0.2, -0.15) is 5.10 Å². The quantitative estimate of drug-likeness (QED) is 0.490. The number of anilines is 1. The summed E-state index contributed by atoms with van der Waals surface area (Å²) in [6.07, 6.45) is 2.78. The van der Waals surface area contributed by atoms with Gasteiger partial charge in [0.25, 0.3) is 0 Å². The highest BCUT2D eigenvalue weighted by Gasteiger charge is 2.20. The lowest BCUT2D eigenvalue weighted by atomic mass is 10.2. The van der Waals surface area contributed by atoms with Gasteiger partial charge in [0.05, 0.1) is 29.5 Å². The molecule has 2 N–H and O–H groups in total. The molecule has 0 amide bonds. The van der Waals surface area contributed by atoms with E-state index in [0.29, 0.717) is 12.2 Å². The third kappa shape index (κ3) is 3.71. The Labute approximate surface area is 167 Å². The van der Waals surface area contributed by atoms with E-state index in [4.69, 9.17) is 9.15 Å². The molecule has 2 aromatic heterocycles. The van der Waals surface area contributed by atoms with Crippen molar-refractivity contribution in [3.8, 4) is 5.75 Å². The number of hydrogen-bond acceptors (Lipinski definition) is 6. The van der Waals surface area contributed by atoms with Crippen LogP contribution in [0.5, 0.6) is 5.75 Å². The first-order chi connectivity index (χ1) is 14.3. The van der Waals surface area contributed by atoms with Crippen LogP contribution >= 0.6 is 0 Å². The summed E-state index contributed by atoms with van der Waals surface area (Å²) in [5.41, 5.74) is 3.37. The van der Waals surface area contributed by atoms with Gasteiger partial charge in [0.1, 0.15) is 5.75 Å². The Bertz CT molecular complexity index is 1170. The van der Waals surface area contributed by atoms with Crippen molar-refractivity contribution in [2.45, 2.75) is 6.42 Å². The molecule has 0 spiro atoms. The van der Waals surface area contributed by atoms with Crippen LogP contribution in [0.25, 0.3) is 22.0 Å². The Morgan fingerprint density at radius 3 is 2.90 bits per heavy atom. The molecule has 0 bridgehead atoms. The summed E-state index contributed by atoms with van der Waals surface area (Å²) in [6, 6.07) is 11.8. The van der Waals surface area contributed by atoms with Crippen molar-refractivity contribution < 1.29 is 9.15 Å². The number of aromatic nitrogens is 3. The summed E-state index contributed by atoms with van der Waals surface area (Å²) >= 11 is 0. The monoisotopic (exact) mass is 393 g/mol. The molecule has 8 heteroatoms. The molecule has 4 aromatic rings. The van der Waals surface area contributed by atoms with Crippen molar-refractivity contribution in [1.82, 2.24) is 20.1 Å². The number of piperazine rings is 1. The lowest BCUT2D eigenvalue weighted by Gasteiger charge is -2.35. The zero-order valence-corrected chi connectivity index (χ0v) is 16.1. The Morgan fingerprint density at radius 1 is 1.10 bits per heavy atom. The molecule has 0 unspecified atom stereocenters. The van der Waals surface area contributed by atoms with E-state index in [1.165, 1.54) is 0 Å². The molecule has 0 aliphatic carbocycles. The molecule has 1 saturated heterocycles. The number of benzene rings is 2. The number of ether oxygens (including phenoxy) is 1. The number of oxazole rings is 1. The fourth-order valence-corrected chi connectivity index (χ4v) is 3.90. The topological polar surface area (TPSA) is 90.4 Å². The molecule has 1 aliphatic heterocycles. The Hall–Kier alpha value is -3.26. The molecule has 0 saturated carbocycles. The molecule has 8 nitrogen and oxygen atoms in total. The predicted molar refractivity (Wildman–Crippen MR) is 112 cm³/mol. The second-order valence-electron chi connectivity index (χ2n) is 7.32. The van der Waals surface area contributed by atoms with Crippen LogP contribution in [0.4, 0.5) is 5.69 Å². The van der Waals surface area contributed by atoms with Crippen LogP contribution in [0.1, 0.15) is 6.42 Å². The largest absolute Gasteiger partial charge is 0.493 e. The number of hydrogen-bond donors (Lipinski definition) is 2. The van der Waals surface area contributed by atoms with Crippen LogP contribution in [0.15, 0.2) is 51.8 Å². The summed E-state index contributed by atoms with van der Waals surface area (Å²) in [4.78, 5) is 19.0. The predicted octanol–water partition coefficient (Wildman–Crippen LogP) is 2.59. The van der Waals surface area contributed by atoms with Gasteiger partial charge in [-0.1, -0.05) is 6.07 Å². The molecule has 0 atom stereocenters. The fraction of sp³-hybridized carbons (Fsp3) is 0.333. The highest BCUT2D eigenvalue weighted by atomic mass is 16.5. The molecule has 3 heterocycles. The standard InChI is InChI=1S/C21H23N5O3/c27-21-23-17-3-1-4-19(20(17)29-21)26-10-8-25(9-11-26)7-2-12-28-16-6-5-15-14-22-24-18(15)13-16/h1,3-6,13-14H,2,7-12H2,(H,22,24)(H,23,27). The van der Waals surface area contributed by atoms with Crippen LogP contribution in [-0.4, -0.2) is 59.4 Å². The van der Waals surface area contributed by atoms with Crippen molar-refractivity contribution in [2.24, 2.45) is 0 Å². The smallest absolute Gasteiger partial charge is 0.417 e. The van der Waals surface area contributed by atoms with Crippen molar-refractivity contribution in [3.05, 3.63) is 53.1 Å². The molecular formula is C21H23N5O3. The van der Waals surface area contributed by atoms with Crippen molar-refractivity contribution >= 4 is 27.7 Å². The summed E-state index contributed by atoms with van der Waals surface area (Å²) in [7, 11) is 0. The molecule has 0 radical (unpaired) electrons. The van der Waals surface area contributed by atoms with E-state index in [1.54, 1.807) is 0 Å². The number of nitrogens with zero attached hydrogens (tertiary/aromatic N) is 3. The van der Waals surface area contributed by atoms with Crippen LogP contribution < -0.4 is 15.4 Å². The highest BCUT2D eigenvalue weighted by molar-refractivity contribution is 5.86. The van der Waals surface area contributed by atoms with Gasteiger partial charge in [0.15, 0.2) is 5.58 Å². The van der Waals surface area contributed by atoms with Crippen LogP contribution in [0, 0.1) is 0 Å². The van der Waals surface area contributed by atoms with Gasteiger partial charge in [0.2, 0.25) is 0 Å². The zero-order chi connectivity index (χ0) is 19.6. The SMILES string of the molecule is O=c1[nH]c2cccc(N3CCN(CCCOc4ccc5cn[nH]c5c4)CC3)c2o1. The lowest BCUT2D eigenvalue weighted by molar-refractivity contribution is 0.225. The third-order valence-electron chi connectivity index (χ3n) is 5.44. The number of fused-ring (bicyclic) bond motifs is 2. The summed E-state index contributed by atoms with van der Waals surface area (Å²) in [6.45, 7) is 5.46. The van der Waals surface area contributed by atoms with Gasteiger partial charge in [-0.25, -0.2) is 4.79 Å². The van der Waals surface area contributed by atoms with Gasteiger partial charge in [0, 0.05) is 44.2 Å². The number of para-hydroxylation sites is 1. The van der Waals surface area contributed by atoms with Crippen LogP contribution in [0.2, 0.25) is 0 Å². The van der Waals surface area contributed by atoms with E-state index in [9.17, 15) is 4.79 Å². The first kappa shape index (κ1) is 17.8. The first-order valence-corrected chi connectivity index (χ1v) is 9.91. The maximum absolute atomic E-state index is 11.5. The van der Waals surface area contributed by atoms with Gasteiger partial charge in [-0.3, -0.25) is 15.0 Å². The average molecular weight is 393 g/mol. The molecule has 29 heavy (non-hydrogen) atoms. The normalized spacial score (nSPS) is 15.4. The number of rotatable bonds is 6. The van der Waals surface area contributed by atoms with Crippen LogP contribution in [-0.2, 0) is 0 Å². The maximum Gasteiger partial charge on any atom is 0.417 e. The van der Waals surface area contributed by atoms with Gasteiger partial charge in [-0.15, -0.1) is 0 Å².